The van der Waals surface area contributed by atoms with Crippen LogP contribution in [-0.2, 0) is 19.4 Å². The van der Waals surface area contributed by atoms with E-state index in [-0.39, 0.29) is 0 Å². The third kappa shape index (κ3) is 3.31. The van der Waals surface area contributed by atoms with Gasteiger partial charge in [0.2, 0.25) is 6.20 Å². The summed E-state index contributed by atoms with van der Waals surface area (Å²) in [6.45, 7) is 6.62. The van der Waals surface area contributed by atoms with Crippen molar-refractivity contribution in [2.75, 3.05) is 0 Å². The van der Waals surface area contributed by atoms with E-state index in [2.05, 4.69) is 9.67 Å². The van der Waals surface area contributed by atoms with Crippen LogP contribution in [0.15, 0.2) is 36.5 Å². The summed E-state index contributed by atoms with van der Waals surface area (Å²) in [6.07, 6.45) is 6.21. The molecule has 2 aromatic heterocycles. The Bertz CT molecular complexity index is 993. The molecule has 2 heterocycles. The molecule has 4 nitrogen and oxygen atoms in total. The standard InChI is InChI=1S/C20H21F2N3O/c1-4-5-10-24-14(3)13(2)17-12-25(26)23-19(20(17)24)9-7-15-6-8-16(21)11-18(15)22/h4-6,8,11-12H,7,9-10H2,1-3H3. The Hall–Kier alpha value is -2.76. The van der Waals surface area contributed by atoms with Gasteiger partial charge in [0.1, 0.15) is 17.3 Å². The van der Waals surface area contributed by atoms with E-state index in [1.807, 2.05) is 32.9 Å². The van der Waals surface area contributed by atoms with E-state index < -0.39 is 11.6 Å². The van der Waals surface area contributed by atoms with Crippen molar-refractivity contribution >= 4 is 10.9 Å². The van der Waals surface area contributed by atoms with Gasteiger partial charge >= 0.3 is 0 Å². The minimum absolute atomic E-state index is 0.338. The average molecular weight is 357 g/mol. The van der Waals surface area contributed by atoms with Crippen LogP contribution in [0.3, 0.4) is 0 Å². The zero-order valence-corrected chi connectivity index (χ0v) is 15.1. The van der Waals surface area contributed by atoms with Crippen LogP contribution in [0.1, 0.15) is 29.4 Å². The molecule has 0 fully saturated rings. The number of hydrogen-bond donors (Lipinski definition) is 0. The van der Waals surface area contributed by atoms with Crippen molar-refractivity contribution in [2.24, 2.45) is 0 Å². The van der Waals surface area contributed by atoms with Crippen LogP contribution in [0.5, 0.6) is 0 Å². The van der Waals surface area contributed by atoms with Crippen LogP contribution in [0.4, 0.5) is 8.78 Å². The smallest absolute Gasteiger partial charge is 0.219 e. The molecular weight excluding hydrogens is 336 g/mol. The summed E-state index contributed by atoms with van der Waals surface area (Å²) in [7, 11) is 0. The molecule has 3 aromatic rings. The van der Waals surface area contributed by atoms with E-state index in [0.29, 0.717) is 35.5 Å². The molecule has 0 aliphatic carbocycles. The molecule has 1 aromatic carbocycles. The highest BCUT2D eigenvalue weighted by Crippen LogP contribution is 2.27. The van der Waals surface area contributed by atoms with Gasteiger partial charge in [-0.05, 0) is 44.4 Å². The van der Waals surface area contributed by atoms with Gasteiger partial charge in [-0.15, -0.1) is 0 Å². The molecule has 3 rings (SSSR count). The van der Waals surface area contributed by atoms with Gasteiger partial charge in [-0.25, -0.2) is 8.78 Å². The van der Waals surface area contributed by atoms with E-state index in [9.17, 15) is 14.0 Å². The molecule has 0 unspecified atom stereocenters. The zero-order chi connectivity index (χ0) is 18.8. The molecule has 0 spiro atoms. The van der Waals surface area contributed by atoms with E-state index in [1.165, 1.54) is 18.3 Å². The molecule has 0 bridgehead atoms. The maximum Gasteiger partial charge on any atom is 0.219 e. The summed E-state index contributed by atoms with van der Waals surface area (Å²) >= 11 is 0. The first-order valence-electron chi connectivity index (χ1n) is 8.56. The molecule has 0 radical (unpaired) electrons. The quantitative estimate of drug-likeness (QED) is 0.395. The fourth-order valence-electron chi connectivity index (χ4n) is 3.25. The van der Waals surface area contributed by atoms with Crippen LogP contribution in [0.25, 0.3) is 10.9 Å². The average Bonchev–Trinajstić information content (AvgIpc) is 2.83. The molecule has 0 atom stereocenters. The molecule has 0 aliphatic heterocycles. The molecule has 0 N–H and O–H groups in total. The summed E-state index contributed by atoms with van der Waals surface area (Å²) in [6, 6.07) is 3.55. The first-order chi connectivity index (χ1) is 12.4. The second-order valence-electron chi connectivity index (χ2n) is 6.37. The van der Waals surface area contributed by atoms with Gasteiger partial charge < -0.3 is 9.77 Å². The van der Waals surface area contributed by atoms with Crippen molar-refractivity contribution in [3.63, 3.8) is 0 Å². The highest BCUT2D eigenvalue weighted by Gasteiger charge is 2.19. The topological polar surface area (TPSA) is 44.8 Å². The number of fused-ring (bicyclic) bond motifs is 1. The first kappa shape index (κ1) is 18.0. The molecular formula is C20H21F2N3O. The van der Waals surface area contributed by atoms with Crippen molar-refractivity contribution in [2.45, 2.75) is 40.2 Å². The summed E-state index contributed by atoms with van der Waals surface area (Å²) < 4.78 is 29.1. The number of halogens is 2. The molecule has 0 saturated heterocycles. The van der Waals surface area contributed by atoms with Gasteiger partial charge in [0.25, 0.3) is 0 Å². The van der Waals surface area contributed by atoms with Crippen molar-refractivity contribution < 1.29 is 13.6 Å². The predicted molar refractivity (Wildman–Crippen MR) is 96.7 cm³/mol. The SMILES string of the molecule is CC=CCn1c(C)c(C)c2c[n+]([O-])nc(CCc3ccc(F)cc3F)c21. The lowest BCUT2D eigenvalue weighted by atomic mass is 10.1. The highest BCUT2D eigenvalue weighted by molar-refractivity contribution is 5.85. The molecule has 0 aliphatic rings. The van der Waals surface area contributed by atoms with Gasteiger partial charge in [-0.1, -0.05) is 23.1 Å². The Morgan fingerprint density at radius 1 is 1.23 bits per heavy atom. The fourth-order valence-corrected chi connectivity index (χ4v) is 3.25. The third-order valence-corrected chi connectivity index (χ3v) is 4.78. The Morgan fingerprint density at radius 3 is 2.69 bits per heavy atom. The number of aryl methyl sites for hydroxylation is 3. The van der Waals surface area contributed by atoms with Crippen LogP contribution in [0.2, 0.25) is 0 Å². The molecule has 136 valence electrons. The minimum Gasteiger partial charge on any atom is -0.594 e. The van der Waals surface area contributed by atoms with Gasteiger partial charge in [0, 0.05) is 29.8 Å². The van der Waals surface area contributed by atoms with Crippen molar-refractivity contribution in [3.05, 3.63) is 75.9 Å². The Balaban J connectivity index is 2.05. The van der Waals surface area contributed by atoms with Crippen molar-refractivity contribution in [3.8, 4) is 0 Å². The van der Waals surface area contributed by atoms with Crippen molar-refractivity contribution in [1.29, 1.82) is 0 Å². The minimum atomic E-state index is -0.602. The van der Waals surface area contributed by atoms with Crippen LogP contribution in [-0.4, -0.2) is 9.67 Å². The third-order valence-electron chi connectivity index (χ3n) is 4.78. The zero-order valence-electron chi connectivity index (χ0n) is 15.1. The summed E-state index contributed by atoms with van der Waals surface area (Å²) in [5.41, 5.74) is 4.02. The summed E-state index contributed by atoms with van der Waals surface area (Å²) in [5.74, 6) is -1.18. The maximum absolute atomic E-state index is 13.9. The van der Waals surface area contributed by atoms with E-state index in [1.54, 1.807) is 0 Å². The Morgan fingerprint density at radius 2 is 2.00 bits per heavy atom. The van der Waals surface area contributed by atoms with Gasteiger partial charge in [-0.3, -0.25) is 0 Å². The number of nitrogens with zero attached hydrogens (tertiary/aromatic N) is 3. The second kappa shape index (κ2) is 7.23. The lowest BCUT2D eigenvalue weighted by Gasteiger charge is -2.09. The number of aromatic nitrogens is 3. The van der Waals surface area contributed by atoms with E-state index in [0.717, 1.165) is 28.2 Å². The van der Waals surface area contributed by atoms with Gasteiger partial charge in [0.05, 0.1) is 10.9 Å². The number of benzene rings is 1. The van der Waals surface area contributed by atoms with Gasteiger partial charge in [0.15, 0.2) is 0 Å². The van der Waals surface area contributed by atoms with E-state index >= 15 is 0 Å². The van der Waals surface area contributed by atoms with Gasteiger partial charge in [-0.2, -0.15) is 0 Å². The molecule has 0 saturated carbocycles. The monoisotopic (exact) mass is 357 g/mol. The first-order valence-corrected chi connectivity index (χ1v) is 8.56. The number of hydrogen-bond acceptors (Lipinski definition) is 2. The van der Waals surface area contributed by atoms with E-state index in [4.69, 9.17) is 0 Å². The molecule has 6 heteroatoms. The normalized spacial score (nSPS) is 11.7. The lowest BCUT2D eigenvalue weighted by molar-refractivity contribution is -0.668. The maximum atomic E-state index is 13.9. The molecule has 26 heavy (non-hydrogen) atoms. The van der Waals surface area contributed by atoms with Crippen molar-refractivity contribution in [1.82, 2.24) is 9.67 Å². The van der Waals surface area contributed by atoms with Crippen LogP contribution >= 0.6 is 0 Å². The number of allylic oxidation sites excluding steroid dienone is 2. The predicted octanol–water partition coefficient (Wildman–Crippen LogP) is 3.93. The van der Waals surface area contributed by atoms with Crippen LogP contribution < -0.4 is 4.85 Å². The lowest BCUT2D eigenvalue weighted by Crippen LogP contribution is -2.32. The highest BCUT2D eigenvalue weighted by atomic mass is 19.1. The fraction of sp³-hybridized carbons (Fsp3) is 0.300. The summed E-state index contributed by atoms with van der Waals surface area (Å²) in [4.78, 5) is 0.561. The Kier molecular flexibility index (Phi) is 5.02. The summed E-state index contributed by atoms with van der Waals surface area (Å²) in [5, 5.41) is 16.9. The van der Waals surface area contributed by atoms with Crippen LogP contribution in [0, 0.1) is 30.7 Å². The Labute approximate surface area is 151 Å². The number of rotatable bonds is 5. The second-order valence-corrected chi connectivity index (χ2v) is 6.37. The largest absolute Gasteiger partial charge is 0.594 e. The molecule has 0 amide bonds.